The van der Waals surface area contributed by atoms with Gasteiger partial charge in [0.05, 0.1) is 13.0 Å². The number of hydrogen-bond donors (Lipinski definition) is 1. The SMILES string of the molecule is CC(C)COc1ccccc1CN1CCC2(CC1)CCN(C(=O)Cc1cc(F)ccc1F)C2.O=C(O)C(F)(F)F. The Morgan fingerprint density at radius 2 is 1.62 bits per heavy atom. The average Bonchev–Trinajstić information content (AvgIpc) is 3.31. The van der Waals surface area contributed by atoms with E-state index in [1.54, 1.807) is 0 Å². The number of hydrogen-bond acceptors (Lipinski definition) is 4. The van der Waals surface area contributed by atoms with Gasteiger partial charge in [0.2, 0.25) is 5.91 Å². The van der Waals surface area contributed by atoms with E-state index in [0.717, 1.165) is 62.8 Å². The predicted molar refractivity (Wildman–Crippen MR) is 139 cm³/mol. The maximum atomic E-state index is 14.0. The number of carboxylic acids is 1. The molecule has 0 radical (unpaired) electrons. The molecule has 2 fully saturated rings. The number of carboxylic acid groups (broad SMARTS) is 1. The second kappa shape index (κ2) is 13.4. The van der Waals surface area contributed by atoms with E-state index in [1.807, 2.05) is 17.0 Å². The van der Waals surface area contributed by atoms with Gasteiger partial charge in [0.1, 0.15) is 17.4 Å². The molecule has 2 aliphatic rings. The largest absolute Gasteiger partial charge is 0.493 e. The monoisotopic (exact) mass is 570 g/mol. The van der Waals surface area contributed by atoms with E-state index in [4.69, 9.17) is 14.6 Å². The summed E-state index contributed by atoms with van der Waals surface area (Å²) in [5.74, 6) is -2.46. The van der Waals surface area contributed by atoms with Gasteiger partial charge in [0.15, 0.2) is 0 Å². The lowest BCUT2D eigenvalue weighted by atomic mass is 9.77. The van der Waals surface area contributed by atoms with Gasteiger partial charge in [-0.2, -0.15) is 13.2 Å². The van der Waals surface area contributed by atoms with Gasteiger partial charge in [-0.15, -0.1) is 0 Å². The number of rotatable bonds is 7. The fraction of sp³-hybridized carbons (Fsp3) is 0.517. The maximum Gasteiger partial charge on any atom is 0.490 e. The average molecular weight is 571 g/mol. The molecule has 2 aromatic carbocycles. The molecule has 1 spiro atoms. The maximum absolute atomic E-state index is 14.0. The number of ether oxygens (including phenoxy) is 1. The topological polar surface area (TPSA) is 70.1 Å². The summed E-state index contributed by atoms with van der Waals surface area (Å²) in [4.78, 5) is 26.0. The smallest absolute Gasteiger partial charge is 0.490 e. The molecule has 2 saturated heterocycles. The zero-order valence-corrected chi connectivity index (χ0v) is 22.6. The minimum Gasteiger partial charge on any atom is -0.493 e. The number of amides is 1. The Balaban J connectivity index is 0.000000559. The molecule has 0 aromatic heterocycles. The third-order valence-electron chi connectivity index (χ3n) is 7.24. The molecule has 1 N–H and O–H groups in total. The molecular weight excluding hydrogens is 535 g/mol. The molecule has 0 saturated carbocycles. The summed E-state index contributed by atoms with van der Waals surface area (Å²) < 4.78 is 65.2. The number of alkyl halides is 3. The van der Waals surface area contributed by atoms with Gasteiger partial charge in [-0.05, 0) is 68.0 Å². The summed E-state index contributed by atoms with van der Waals surface area (Å²) in [6.45, 7) is 9.26. The number of benzene rings is 2. The fourth-order valence-corrected chi connectivity index (χ4v) is 4.97. The van der Waals surface area contributed by atoms with Crippen molar-refractivity contribution in [2.45, 2.75) is 52.3 Å². The van der Waals surface area contributed by atoms with Crippen LogP contribution in [0.4, 0.5) is 22.0 Å². The van der Waals surface area contributed by atoms with Crippen LogP contribution in [0.25, 0.3) is 0 Å². The molecule has 2 heterocycles. The lowest BCUT2D eigenvalue weighted by Gasteiger charge is -2.39. The lowest BCUT2D eigenvalue weighted by molar-refractivity contribution is -0.192. The summed E-state index contributed by atoms with van der Waals surface area (Å²) in [6.07, 6.45) is -2.11. The number of para-hydroxylation sites is 1. The van der Waals surface area contributed by atoms with E-state index < -0.39 is 23.8 Å². The predicted octanol–water partition coefficient (Wildman–Crippen LogP) is 5.69. The van der Waals surface area contributed by atoms with Crippen molar-refractivity contribution in [3.05, 3.63) is 65.2 Å². The van der Waals surface area contributed by atoms with Crippen molar-refractivity contribution in [2.75, 3.05) is 32.8 Å². The minimum absolute atomic E-state index is 0.0844. The highest BCUT2D eigenvalue weighted by atomic mass is 19.4. The molecule has 11 heteroatoms. The number of aliphatic carboxylic acids is 1. The second-order valence-electron chi connectivity index (χ2n) is 10.9. The summed E-state index contributed by atoms with van der Waals surface area (Å²) in [5, 5.41) is 7.12. The Hall–Kier alpha value is -3.21. The van der Waals surface area contributed by atoms with Crippen LogP contribution in [0.3, 0.4) is 0 Å². The van der Waals surface area contributed by atoms with Crippen LogP contribution in [-0.4, -0.2) is 65.7 Å². The highest BCUT2D eigenvalue weighted by molar-refractivity contribution is 5.79. The molecule has 40 heavy (non-hydrogen) atoms. The van der Waals surface area contributed by atoms with Crippen molar-refractivity contribution in [3.8, 4) is 5.75 Å². The molecular formula is C29H35F5N2O4. The normalized spacial score (nSPS) is 17.1. The van der Waals surface area contributed by atoms with Crippen molar-refractivity contribution in [2.24, 2.45) is 11.3 Å². The number of piperidine rings is 1. The zero-order valence-electron chi connectivity index (χ0n) is 22.6. The number of carbonyl (C=O) groups is 2. The van der Waals surface area contributed by atoms with Crippen LogP contribution in [0.5, 0.6) is 5.75 Å². The van der Waals surface area contributed by atoms with Crippen LogP contribution in [-0.2, 0) is 22.6 Å². The van der Waals surface area contributed by atoms with E-state index in [2.05, 4.69) is 30.9 Å². The van der Waals surface area contributed by atoms with Crippen LogP contribution in [0.2, 0.25) is 0 Å². The molecule has 4 rings (SSSR count). The van der Waals surface area contributed by atoms with E-state index in [0.29, 0.717) is 25.6 Å². The number of likely N-dealkylation sites (tertiary alicyclic amines) is 2. The third-order valence-corrected chi connectivity index (χ3v) is 7.24. The van der Waals surface area contributed by atoms with Gasteiger partial charge in [-0.25, -0.2) is 13.6 Å². The van der Waals surface area contributed by atoms with Gasteiger partial charge in [-0.1, -0.05) is 32.0 Å². The second-order valence-corrected chi connectivity index (χ2v) is 10.9. The molecule has 0 bridgehead atoms. The quantitative estimate of drug-likeness (QED) is 0.434. The van der Waals surface area contributed by atoms with Crippen molar-refractivity contribution in [1.82, 2.24) is 9.80 Å². The van der Waals surface area contributed by atoms with Gasteiger partial charge in [0.25, 0.3) is 0 Å². The first-order valence-corrected chi connectivity index (χ1v) is 13.2. The Labute approximate surface area is 230 Å². The third kappa shape index (κ3) is 8.90. The first kappa shape index (κ1) is 31.3. The first-order chi connectivity index (χ1) is 18.8. The Morgan fingerprint density at radius 1 is 1.00 bits per heavy atom. The van der Waals surface area contributed by atoms with Crippen LogP contribution in [0.1, 0.15) is 44.2 Å². The highest BCUT2D eigenvalue weighted by Gasteiger charge is 2.42. The van der Waals surface area contributed by atoms with Crippen molar-refractivity contribution >= 4 is 11.9 Å². The fourth-order valence-electron chi connectivity index (χ4n) is 4.97. The molecule has 220 valence electrons. The molecule has 0 atom stereocenters. The molecule has 2 aromatic rings. The number of carbonyl (C=O) groups excluding carboxylic acids is 1. The highest BCUT2D eigenvalue weighted by Crippen LogP contribution is 2.41. The zero-order chi connectivity index (χ0) is 29.5. The molecule has 0 aliphatic carbocycles. The van der Waals surface area contributed by atoms with Crippen LogP contribution in [0, 0.1) is 23.0 Å². The van der Waals surface area contributed by atoms with E-state index >= 15 is 0 Å². The van der Waals surface area contributed by atoms with Gasteiger partial charge in [-0.3, -0.25) is 9.69 Å². The first-order valence-electron chi connectivity index (χ1n) is 13.2. The van der Waals surface area contributed by atoms with Crippen molar-refractivity contribution in [3.63, 3.8) is 0 Å². The Bertz CT molecular complexity index is 1160. The molecule has 1 amide bonds. The molecule has 6 nitrogen and oxygen atoms in total. The van der Waals surface area contributed by atoms with E-state index in [-0.39, 0.29) is 23.3 Å². The summed E-state index contributed by atoms with van der Waals surface area (Å²) in [7, 11) is 0. The summed E-state index contributed by atoms with van der Waals surface area (Å²) in [6, 6.07) is 11.6. The van der Waals surface area contributed by atoms with Gasteiger partial charge >= 0.3 is 12.1 Å². The van der Waals surface area contributed by atoms with Crippen molar-refractivity contribution < 1.29 is 41.4 Å². The number of halogens is 5. The molecule has 0 unspecified atom stereocenters. The lowest BCUT2D eigenvalue weighted by Crippen LogP contribution is -2.42. The van der Waals surface area contributed by atoms with Gasteiger partial charge < -0.3 is 14.7 Å². The number of nitrogens with zero attached hydrogens (tertiary/aromatic N) is 2. The van der Waals surface area contributed by atoms with E-state index in [1.165, 1.54) is 5.56 Å². The van der Waals surface area contributed by atoms with E-state index in [9.17, 15) is 26.7 Å². The standard InChI is InChI=1S/C27H34F2N2O2.C2HF3O2/c1-20(2)18-33-25-6-4-3-5-21(25)17-30-12-9-27(10-13-30)11-14-31(19-27)26(32)16-22-15-23(28)7-8-24(22)29;3-2(4,5)1(6)7/h3-8,15,20H,9-14,16-19H2,1-2H3;(H,6,7). The molecule has 2 aliphatic heterocycles. The Morgan fingerprint density at radius 3 is 2.25 bits per heavy atom. The van der Waals surface area contributed by atoms with Crippen molar-refractivity contribution in [1.29, 1.82) is 0 Å². The summed E-state index contributed by atoms with van der Waals surface area (Å²) in [5.41, 5.74) is 1.49. The van der Waals surface area contributed by atoms with Crippen LogP contribution in [0.15, 0.2) is 42.5 Å². The van der Waals surface area contributed by atoms with Crippen LogP contribution < -0.4 is 4.74 Å². The van der Waals surface area contributed by atoms with Crippen LogP contribution >= 0.6 is 0 Å². The summed E-state index contributed by atoms with van der Waals surface area (Å²) >= 11 is 0. The Kier molecular flexibility index (Phi) is 10.5. The van der Waals surface area contributed by atoms with Gasteiger partial charge in [0, 0.05) is 30.8 Å². The minimum atomic E-state index is -5.08.